The van der Waals surface area contributed by atoms with Crippen molar-refractivity contribution in [3.63, 3.8) is 0 Å². The fourth-order valence-electron chi connectivity index (χ4n) is 2.23. The van der Waals surface area contributed by atoms with Gasteiger partial charge in [0.25, 0.3) is 0 Å². The standard InChI is InChI=1S/C10H17NO3/c1-14-8(4-9(12)13)5-11-6-10(7-11)2-3-10/h8H,2-7H2,1H3,(H,12,13). The number of nitrogens with zero attached hydrogens (tertiary/aromatic N) is 1. The molecule has 1 aliphatic heterocycles. The summed E-state index contributed by atoms with van der Waals surface area (Å²) in [6.45, 7) is 3.06. The minimum Gasteiger partial charge on any atom is -0.481 e. The van der Waals surface area contributed by atoms with Crippen LogP contribution in [0.15, 0.2) is 0 Å². The van der Waals surface area contributed by atoms with E-state index in [1.54, 1.807) is 7.11 Å². The third-order valence-corrected chi connectivity index (χ3v) is 3.27. The second-order valence-corrected chi connectivity index (χ2v) is 4.63. The van der Waals surface area contributed by atoms with Crippen LogP contribution in [0.25, 0.3) is 0 Å². The molecule has 80 valence electrons. The van der Waals surface area contributed by atoms with Gasteiger partial charge in [0, 0.05) is 26.7 Å². The monoisotopic (exact) mass is 199 g/mol. The highest BCUT2D eigenvalue weighted by Gasteiger charge is 2.52. The first-order valence-electron chi connectivity index (χ1n) is 5.10. The molecule has 0 aromatic carbocycles. The molecule has 0 amide bonds. The van der Waals surface area contributed by atoms with E-state index in [-0.39, 0.29) is 12.5 Å². The number of hydrogen-bond acceptors (Lipinski definition) is 3. The van der Waals surface area contributed by atoms with Crippen molar-refractivity contribution in [2.75, 3.05) is 26.7 Å². The van der Waals surface area contributed by atoms with Crippen molar-refractivity contribution in [2.45, 2.75) is 25.4 Å². The van der Waals surface area contributed by atoms with Gasteiger partial charge in [0.1, 0.15) is 0 Å². The molecule has 1 aliphatic carbocycles. The quantitative estimate of drug-likeness (QED) is 0.703. The van der Waals surface area contributed by atoms with Crippen molar-refractivity contribution < 1.29 is 14.6 Å². The molecular formula is C10H17NO3. The van der Waals surface area contributed by atoms with Crippen molar-refractivity contribution in [2.24, 2.45) is 5.41 Å². The normalized spacial score (nSPS) is 25.8. The van der Waals surface area contributed by atoms with Crippen LogP contribution in [0.5, 0.6) is 0 Å². The summed E-state index contributed by atoms with van der Waals surface area (Å²) in [6, 6.07) is 0. The van der Waals surface area contributed by atoms with Crippen LogP contribution in [0.4, 0.5) is 0 Å². The smallest absolute Gasteiger partial charge is 0.306 e. The number of rotatable bonds is 5. The lowest BCUT2D eigenvalue weighted by Crippen LogP contribution is -2.51. The molecular weight excluding hydrogens is 182 g/mol. The molecule has 1 N–H and O–H groups in total. The molecule has 4 nitrogen and oxygen atoms in total. The summed E-state index contributed by atoms with van der Waals surface area (Å²) in [5, 5.41) is 8.64. The van der Waals surface area contributed by atoms with Gasteiger partial charge in [-0.05, 0) is 18.3 Å². The molecule has 4 heteroatoms. The van der Waals surface area contributed by atoms with E-state index in [0.717, 1.165) is 19.6 Å². The van der Waals surface area contributed by atoms with E-state index in [9.17, 15) is 4.79 Å². The minimum atomic E-state index is -0.779. The Bertz CT molecular complexity index is 230. The Labute approximate surface area is 83.8 Å². The zero-order chi connectivity index (χ0) is 10.2. The van der Waals surface area contributed by atoms with Crippen LogP contribution in [-0.4, -0.2) is 48.8 Å². The highest BCUT2D eigenvalue weighted by molar-refractivity contribution is 5.67. The molecule has 2 aliphatic rings. The first kappa shape index (κ1) is 9.93. The number of hydrogen-bond donors (Lipinski definition) is 1. The molecule has 1 atom stereocenters. The zero-order valence-corrected chi connectivity index (χ0v) is 8.53. The number of likely N-dealkylation sites (tertiary alicyclic amines) is 1. The van der Waals surface area contributed by atoms with Gasteiger partial charge in [0.15, 0.2) is 0 Å². The molecule has 0 aromatic heterocycles. The SMILES string of the molecule is COC(CC(=O)O)CN1CC2(CC2)C1. The van der Waals surface area contributed by atoms with E-state index in [4.69, 9.17) is 9.84 Å². The van der Waals surface area contributed by atoms with Crippen LogP contribution >= 0.6 is 0 Å². The molecule has 1 saturated carbocycles. The van der Waals surface area contributed by atoms with Gasteiger partial charge in [-0.3, -0.25) is 9.69 Å². The summed E-state index contributed by atoms with van der Waals surface area (Å²) < 4.78 is 5.13. The van der Waals surface area contributed by atoms with E-state index >= 15 is 0 Å². The summed E-state index contributed by atoms with van der Waals surface area (Å²) in [7, 11) is 1.58. The first-order chi connectivity index (χ1) is 6.63. The van der Waals surface area contributed by atoms with Gasteiger partial charge in [-0.2, -0.15) is 0 Å². The Morgan fingerprint density at radius 1 is 1.57 bits per heavy atom. The number of carbonyl (C=O) groups is 1. The van der Waals surface area contributed by atoms with Gasteiger partial charge in [-0.25, -0.2) is 0 Å². The van der Waals surface area contributed by atoms with Crippen LogP contribution in [0.1, 0.15) is 19.3 Å². The van der Waals surface area contributed by atoms with Crippen LogP contribution < -0.4 is 0 Å². The Kier molecular flexibility index (Phi) is 2.49. The molecule has 2 rings (SSSR count). The molecule has 1 saturated heterocycles. The number of ether oxygens (including phenoxy) is 1. The van der Waals surface area contributed by atoms with E-state index in [2.05, 4.69) is 4.90 Å². The molecule has 2 fully saturated rings. The predicted octanol–water partition coefficient (Wildman–Crippen LogP) is 0.572. The van der Waals surface area contributed by atoms with Gasteiger partial charge in [0.05, 0.1) is 12.5 Å². The maximum atomic E-state index is 10.5. The van der Waals surface area contributed by atoms with E-state index in [0.29, 0.717) is 5.41 Å². The van der Waals surface area contributed by atoms with Gasteiger partial charge in [-0.1, -0.05) is 0 Å². The van der Waals surface area contributed by atoms with Gasteiger partial charge in [-0.15, -0.1) is 0 Å². The Balaban J connectivity index is 1.69. The summed E-state index contributed by atoms with van der Waals surface area (Å²) in [5.41, 5.74) is 0.640. The third kappa shape index (κ3) is 2.07. The number of carboxylic acid groups (broad SMARTS) is 1. The zero-order valence-electron chi connectivity index (χ0n) is 8.53. The summed E-state index contributed by atoms with van der Waals surface area (Å²) >= 11 is 0. The lowest BCUT2D eigenvalue weighted by molar-refractivity contribution is -0.140. The van der Waals surface area contributed by atoms with Crippen LogP contribution in [0.3, 0.4) is 0 Å². The van der Waals surface area contributed by atoms with Crippen LogP contribution in [0, 0.1) is 5.41 Å². The van der Waals surface area contributed by atoms with Crippen molar-refractivity contribution in [1.82, 2.24) is 4.90 Å². The largest absolute Gasteiger partial charge is 0.481 e. The van der Waals surface area contributed by atoms with E-state index < -0.39 is 5.97 Å². The number of carboxylic acids is 1. The van der Waals surface area contributed by atoms with Gasteiger partial charge < -0.3 is 9.84 Å². The average Bonchev–Trinajstić information content (AvgIpc) is 2.81. The Morgan fingerprint density at radius 3 is 2.64 bits per heavy atom. The lowest BCUT2D eigenvalue weighted by Gasteiger charge is -2.41. The van der Waals surface area contributed by atoms with Crippen molar-refractivity contribution in [1.29, 1.82) is 0 Å². The van der Waals surface area contributed by atoms with Crippen LogP contribution in [0.2, 0.25) is 0 Å². The molecule has 0 radical (unpaired) electrons. The number of methoxy groups -OCH3 is 1. The van der Waals surface area contributed by atoms with Crippen molar-refractivity contribution in [3.05, 3.63) is 0 Å². The molecule has 1 heterocycles. The maximum absolute atomic E-state index is 10.5. The third-order valence-electron chi connectivity index (χ3n) is 3.27. The average molecular weight is 199 g/mol. The molecule has 0 bridgehead atoms. The summed E-state index contributed by atoms with van der Waals surface area (Å²) in [5.74, 6) is -0.779. The lowest BCUT2D eigenvalue weighted by atomic mass is 9.96. The predicted molar refractivity (Wildman–Crippen MR) is 51.2 cm³/mol. The summed E-state index contributed by atoms with van der Waals surface area (Å²) in [4.78, 5) is 12.8. The Morgan fingerprint density at radius 2 is 2.21 bits per heavy atom. The molecule has 1 unspecified atom stereocenters. The Hall–Kier alpha value is -0.610. The molecule has 1 spiro atoms. The highest BCUT2D eigenvalue weighted by atomic mass is 16.5. The van der Waals surface area contributed by atoms with Crippen LogP contribution in [-0.2, 0) is 9.53 Å². The van der Waals surface area contributed by atoms with E-state index in [1.165, 1.54) is 12.8 Å². The summed E-state index contributed by atoms with van der Waals surface area (Å²) in [6.07, 6.45) is 2.68. The van der Waals surface area contributed by atoms with Gasteiger partial charge in [0.2, 0.25) is 0 Å². The fraction of sp³-hybridized carbons (Fsp3) is 0.900. The minimum absolute atomic E-state index is 0.111. The second-order valence-electron chi connectivity index (χ2n) is 4.63. The molecule has 14 heavy (non-hydrogen) atoms. The van der Waals surface area contributed by atoms with Crippen molar-refractivity contribution in [3.8, 4) is 0 Å². The van der Waals surface area contributed by atoms with Crippen molar-refractivity contribution >= 4 is 5.97 Å². The molecule has 0 aromatic rings. The fourth-order valence-corrected chi connectivity index (χ4v) is 2.23. The topological polar surface area (TPSA) is 49.8 Å². The highest BCUT2D eigenvalue weighted by Crippen LogP contribution is 2.52. The second kappa shape index (κ2) is 3.51. The number of aliphatic carboxylic acids is 1. The van der Waals surface area contributed by atoms with E-state index in [1.807, 2.05) is 0 Å². The first-order valence-corrected chi connectivity index (χ1v) is 5.10. The van der Waals surface area contributed by atoms with Gasteiger partial charge >= 0.3 is 5.97 Å². The maximum Gasteiger partial charge on any atom is 0.306 e.